The first-order valence-corrected chi connectivity index (χ1v) is 10.0. The molecule has 3 aromatic rings. The molecule has 0 aliphatic carbocycles. The first kappa shape index (κ1) is 17.3. The molecule has 1 aliphatic rings. The number of aromatic nitrogens is 4. The SMILES string of the molecule is Cc1nn(-c2cccc(C3(F)CN(S(C)(=O)=O)C3)n2)c2cc(Cl)ncc12. The van der Waals surface area contributed by atoms with E-state index in [9.17, 15) is 8.42 Å². The molecule has 1 saturated heterocycles. The van der Waals surface area contributed by atoms with Crippen molar-refractivity contribution < 1.29 is 12.8 Å². The van der Waals surface area contributed by atoms with Crippen molar-refractivity contribution in [1.29, 1.82) is 0 Å². The zero-order chi connectivity index (χ0) is 18.7. The lowest BCUT2D eigenvalue weighted by molar-refractivity contribution is 0.0144. The van der Waals surface area contributed by atoms with Crippen molar-refractivity contribution in [2.75, 3.05) is 19.3 Å². The molecule has 136 valence electrons. The predicted molar refractivity (Wildman–Crippen MR) is 95.6 cm³/mol. The van der Waals surface area contributed by atoms with E-state index in [0.717, 1.165) is 21.6 Å². The van der Waals surface area contributed by atoms with E-state index in [1.807, 2.05) is 6.92 Å². The predicted octanol–water partition coefficient (Wildman–Crippen LogP) is 2.22. The zero-order valence-electron chi connectivity index (χ0n) is 14.0. The van der Waals surface area contributed by atoms with Crippen molar-refractivity contribution in [3.8, 4) is 5.82 Å². The van der Waals surface area contributed by atoms with Crippen LogP contribution in [0.1, 0.15) is 11.4 Å². The van der Waals surface area contributed by atoms with Crippen LogP contribution in [0.25, 0.3) is 16.7 Å². The minimum absolute atomic E-state index is 0.177. The average Bonchev–Trinajstić information content (AvgIpc) is 2.87. The largest absolute Gasteiger partial charge is 0.244 e. The lowest BCUT2D eigenvalue weighted by Gasteiger charge is -2.42. The summed E-state index contributed by atoms with van der Waals surface area (Å²) in [5, 5.41) is 5.59. The lowest BCUT2D eigenvalue weighted by Crippen LogP contribution is -2.58. The molecule has 1 fully saturated rings. The van der Waals surface area contributed by atoms with Crippen LogP contribution in [-0.4, -0.2) is 51.8 Å². The van der Waals surface area contributed by atoms with Crippen LogP contribution in [0.3, 0.4) is 0 Å². The number of fused-ring (bicyclic) bond motifs is 1. The molecule has 0 saturated carbocycles. The Bertz CT molecular complexity index is 1120. The highest BCUT2D eigenvalue weighted by molar-refractivity contribution is 7.88. The van der Waals surface area contributed by atoms with E-state index in [2.05, 4.69) is 15.1 Å². The van der Waals surface area contributed by atoms with E-state index in [-0.39, 0.29) is 18.8 Å². The summed E-state index contributed by atoms with van der Waals surface area (Å²) >= 11 is 5.99. The van der Waals surface area contributed by atoms with Crippen LogP contribution in [0.4, 0.5) is 4.39 Å². The number of sulfonamides is 1. The molecule has 0 spiro atoms. The lowest BCUT2D eigenvalue weighted by atomic mass is 9.94. The summed E-state index contributed by atoms with van der Waals surface area (Å²) in [7, 11) is -3.41. The Morgan fingerprint density at radius 3 is 2.73 bits per heavy atom. The van der Waals surface area contributed by atoms with E-state index in [0.29, 0.717) is 16.5 Å². The van der Waals surface area contributed by atoms with Crippen molar-refractivity contribution in [2.45, 2.75) is 12.6 Å². The van der Waals surface area contributed by atoms with Crippen molar-refractivity contribution in [3.05, 3.63) is 47.0 Å². The second kappa shape index (κ2) is 5.70. The van der Waals surface area contributed by atoms with E-state index in [1.165, 1.54) is 0 Å². The fraction of sp³-hybridized carbons (Fsp3) is 0.312. The van der Waals surface area contributed by atoms with Gasteiger partial charge in [-0.15, -0.1) is 0 Å². The van der Waals surface area contributed by atoms with Gasteiger partial charge in [-0.25, -0.2) is 27.5 Å². The van der Waals surface area contributed by atoms with Crippen LogP contribution in [0.15, 0.2) is 30.5 Å². The standard InChI is InChI=1S/C16H15ClFN5O2S/c1-10-11-7-19-14(17)6-12(11)23(21-10)15-5-3-4-13(20-15)16(18)8-22(9-16)26(2,24)25/h3-7H,8-9H2,1-2H3. The van der Waals surface area contributed by atoms with Gasteiger partial charge in [0.25, 0.3) is 0 Å². The van der Waals surface area contributed by atoms with Gasteiger partial charge in [0.05, 0.1) is 36.2 Å². The first-order chi connectivity index (χ1) is 12.2. The fourth-order valence-electron chi connectivity index (χ4n) is 3.01. The molecule has 0 atom stereocenters. The van der Waals surface area contributed by atoms with Crippen LogP contribution in [0.2, 0.25) is 5.15 Å². The molecular weight excluding hydrogens is 381 g/mol. The molecule has 0 N–H and O–H groups in total. The first-order valence-electron chi connectivity index (χ1n) is 7.80. The van der Waals surface area contributed by atoms with Gasteiger partial charge >= 0.3 is 0 Å². The maximum Gasteiger partial charge on any atom is 0.211 e. The van der Waals surface area contributed by atoms with Gasteiger partial charge in [0.1, 0.15) is 5.15 Å². The molecule has 4 rings (SSSR count). The third kappa shape index (κ3) is 2.76. The Labute approximate surface area is 154 Å². The minimum Gasteiger partial charge on any atom is -0.244 e. The maximum atomic E-state index is 15.1. The summed E-state index contributed by atoms with van der Waals surface area (Å²) in [5.41, 5.74) is -0.169. The van der Waals surface area contributed by atoms with Crippen molar-refractivity contribution >= 4 is 32.5 Å². The van der Waals surface area contributed by atoms with E-state index < -0.39 is 15.7 Å². The van der Waals surface area contributed by atoms with E-state index in [4.69, 9.17) is 11.6 Å². The normalized spacial score (nSPS) is 17.4. The molecule has 0 bridgehead atoms. The van der Waals surface area contributed by atoms with Gasteiger partial charge in [-0.2, -0.15) is 9.40 Å². The molecular formula is C16H15ClFN5O2S. The third-order valence-corrected chi connectivity index (χ3v) is 5.85. The van der Waals surface area contributed by atoms with Gasteiger partial charge in [-0.1, -0.05) is 17.7 Å². The second-order valence-electron chi connectivity index (χ2n) is 6.40. The number of pyridine rings is 2. The molecule has 0 aromatic carbocycles. The molecule has 0 amide bonds. The average molecular weight is 396 g/mol. The Morgan fingerprint density at radius 1 is 1.31 bits per heavy atom. The zero-order valence-corrected chi connectivity index (χ0v) is 15.6. The van der Waals surface area contributed by atoms with E-state index in [1.54, 1.807) is 35.1 Å². The number of rotatable bonds is 3. The number of halogens is 2. The number of aryl methyl sites for hydroxylation is 1. The molecule has 4 heterocycles. The van der Waals surface area contributed by atoms with Crippen molar-refractivity contribution in [3.63, 3.8) is 0 Å². The highest BCUT2D eigenvalue weighted by Crippen LogP contribution is 2.36. The van der Waals surface area contributed by atoms with Crippen LogP contribution in [0, 0.1) is 6.92 Å². The maximum absolute atomic E-state index is 15.1. The van der Waals surface area contributed by atoms with E-state index >= 15 is 4.39 Å². The number of hydrogen-bond acceptors (Lipinski definition) is 5. The Morgan fingerprint density at radius 2 is 2.04 bits per heavy atom. The molecule has 7 nitrogen and oxygen atoms in total. The van der Waals surface area contributed by atoms with Crippen LogP contribution in [-0.2, 0) is 15.7 Å². The smallest absolute Gasteiger partial charge is 0.211 e. The topological polar surface area (TPSA) is 81.0 Å². The molecule has 0 unspecified atom stereocenters. The van der Waals surface area contributed by atoms with Crippen LogP contribution >= 0.6 is 11.6 Å². The van der Waals surface area contributed by atoms with Gasteiger partial charge in [0.2, 0.25) is 10.0 Å². The van der Waals surface area contributed by atoms with Crippen molar-refractivity contribution in [1.82, 2.24) is 24.1 Å². The second-order valence-corrected chi connectivity index (χ2v) is 8.77. The summed E-state index contributed by atoms with van der Waals surface area (Å²) in [6.07, 6.45) is 2.69. The number of nitrogens with zero attached hydrogens (tertiary/aromatic N) is 5. The molecule has 26 heavy (non-hydrogen) atoms. The van der Waals surface area contributed by atoms with Gasteiger partial charge < -0.3 is 0 Å². The quantitative estimate of drug-likeness (QED) is 0.635. The summed E-state index contributed by atoms with van der Waals surface area (Å²) in [5.74, 6) is 0.428. The Hall–Kier alpha value is -2.10. The highest BCUT2D eigenvalue weighted by atomic mass is 35.5. The molecule has 0 radical (unpaired) electrons. The highest BCUT2D eigenvalue weighted by Gasteiger charge is 2.50. The summed E-state index contributed by atoms with van der Waals surface area (Å²) < 4.78 is 40.8. The molecule has 1 aliphatic heterocycles. The fourth-order valence-corrected chi connectivity index (χ4v) is 4.04. The van der Waals surface area contributed by atoms with Gasteiger partial charge in [0.15, 0.2) is 11.5 Å². The number of alkyl halides is 1. The number of hydrogen-bond donors (Lipinski definition) is 0. The van der Waals surface area contributed by atoms with Gasteiger partial charge in [-0.3, -0.25) is 0 Å². The third-order valence-electron chi connectivity index (χ3n) is 4.45. The Kier molecular flexibility index (Phi) is 3.80. The van der Waals surface area contributed by atoms with Gasteiger partial charge in [-0.05, 0) is 19.1 Å². The monoisotopic (exact) mass is 395 g/mol. The minimum atomic E-state index is -3.41. The van der Waals surface area contributed by atoms with Gasteiger partial charge in [0, 0.05) is 17.6 Å². The van der Waals surface area contributed by atoms with Crippen LogP contribution < -0.4 is 0 Å². The summed E-state index contributed by atoms with van der Waals surface area (Å²) in [6.45, 7) is 1.36. The Balaban J connectivity index is 1.75. The van der Waals surface area contributed by atoms with Crippen molar-refractivity contribution in [2.24, 2.45) is 0 Å². The summed E-state index contributed by atoms with van der Waals surface area (Å²) in [6, 6.07) is 6.61. The van der Waals surface area contributed by atoms with Crippen LogP contribution in [0.5, 0.6) is 0 Å². The summed E-state index contributed by atoms with van der Waals surface area (Å²) in [4.78, 5) is 8.44. The molecule has 3 aromatic heterocycles. The molecule has 10 heteroatoms.